The molecule has 0 heterocycles. The molecule has 6 unspecified atom stereocenters. The molecule has 4 rings (SSSR count). The molecule has 0 radical (unpaired) electrons. The van der Waals surface area contributed by atoms with E-state index in [0.29, 0.717) is 23.0 Å². The summed E-state index contributed by atoms with van der Waals surface area (Å²) in [4.78, 5) is 0. The van der Waals surface area contributed by atoms with E-state index in [1.54, 1.807) is 0 Å². The third-order valence-electron chi connectivity index (χ3n) is 7.38. The molecule has 0 aromatic heterocycles. The minimum Gasteiger partial charge on any atom is -0.374 e. The van der Waals surface area contributed by atoms with Crippen LogP contribution in [0.5, 0.6) is 0 Å². The van der Waals surface area contributed by atoms with Crippen LogP contribution in [0.25, 0.3) is 0 Å². The minimum atomic E-state index is 0.448. The van der Waals surface area contributed by atoms with Crippen molar-refractivity contribution >= 4 is 0 Å². The Morgan fingerprint density at radius 1 is 0.857 bits per heavy atom. The lowest BCUT2D eigenvalue weighted by atomic mass is 9.76. The predicted molar refractivity (Wildman–Crippen MR) is 87.1 cm³/mol. The fourth-order valence-electron chi connectivity index (χ4n) is 6.44. The van der Waals surface area contributed by atoms with Crippen molar-refractivity contribution in [1.29, 1.82) is 0 Å². The molecule has 0 N–H and O–H groups in total. The second-order valence-electron chi connectivity index (χ2n) is 8.51. The highest BCUT2D eigenvalue weighted by molar-refractivity contribution is 5.09. The van der Waals surface area contributed by atoms with Crippen molar-refractivity contribution in [2.24, 2.45) is 22.7 Å². The van der Waals surface area contributed by atoms with E-state index in [1.807, 2.05) is 0 Å². The summed E-state index contributed by atoms with van der Waals surface area (Å²) in [6, 6.07) is 0. The quantitative estimate of drug-likeness (QED) is 0.604. The largest absolute Gasteiger partial charge is 0.374 e. The number of hydrogen-bond acceptors (Lipinski definition) is 1. The molecule has 0 aliphatic heterocycles. The first-order valence-electron chi connectivity index (χ1n) is 9.07. The van der Waals surface area contributed by atoms with E-state index in [1.165, 1.54) is 64.2 Å². The second kappa shape index (κ2) is 4.98. The third kappa shape index (κ3) is 2.07. The third-order valence-corrected chi connectivity index (χ3v) is 7.38. The molecule has 4 fully saturated rings. The molecule has 21 heavy (non-hydrogen) atoms. The summed E-state index contributed by atoms with van der Waals surface area (Å²) < 4.78 is 6.86. The maximum atomic E-state index is 6.86. The van der Waals surface area contributed by atoms with Gasteiger partial charge >= 0.3 is 0 Å². The lowest BCUT2D eigenvalue weighted by Crippen LogP contribution is -2.41. The molecule has 4 aliphatic rings. The number of hydrogen-bond donors (Lipinski definition) is 0. The highest BCUT2D eigenvalue weighted by Crippen LogP contribution is 2.62. The summed E-state index contributed by atoms with van der Waals surface area (Å²) in [5.74, 6) is 1.87. The lowest BCUT2D eigenvalue weighted by molar-refractivity contribution is -0.118. The highest BCUT2D eigenvalue weighted by atomic mass is 16.5. The molecule has 0 aromatic rings. The van der Waals surface area contributed by atoms with Crippen LogP contribution in [0.15, 0.2) is 25.3 Å². The molecule has 1 nitrogen and oxygen atoms in total. The molecule has 4 bridgehead atoms. The molecule has 1 heteroatoms. The van der Waals surface area contributed by atoms with Crippen LogP contribution in [0.4, 0.5) is 0 Å². The summed E-state index contributed by atoms with van der Waals surface area (Å²) in [5.41, 5.74) is 0.896. The van der Waals surface area contributed by atoms with Crippen LogP contribution < -0.4 is 0 Å². The number of fused-ring (bicyclic) bond motifs is 4. The molecule has 4 aliphatic carbocycles. The minimum absolute atomic E-state index is 0.448. The van der Waals surface area contributed by atoms with Crippen LogP contribution in [0.3, 0.4) is 0 Å². The Bertz CT molecular complexity index is 401. The van der Waals surface area contributed by atoms with Crippen molar-refractivity contribution in [2.45, 2.75) is 76.4 Å². The molecular weight excluding hydrogens is 256 g/mol. The maximum Gasteiger partial charge on any atom is 0.0641 e. The van der Waals surface area contributed by atoms with Crippen molar-refractivity contribution < 1.29 is 4.74 Å². The Hall–Kier alpha value is -0.560. The fraction of sp³-hybridized carbons (Fsp3) is 0.800. The molecular formula is C20H30O. The van der Waals surface area contributed by atoms with Crippen molar-refractivity contribution in [3.63, 3.8) is 0 Å². The first kappa shape index (κ1) is 14.1. The molecule has 0 spiro atoms. The normalized spacial score (nSPS) is 50.7. The zero-order chi connectivity index (χ0) is 14.5. The summed E-state index contributed by atoms with van der Waals surface area (Å²) in [7, 11) is 0. The summed E-state index contributed by atoms with van der Waals surface area (Å²) in [5, 5.41) is 0. The summed E-state index contributed by atoms with van der Waals surface area (Å²) >= 11 is 0. The van der Waals surface area contributed by atoms with Crippen LogP contribution in [0.1, 0.15) is 64.2 Å². The highest BCUT2D eigenvalue weighted by Gasteiger charge is 2.57. The maximum absolute atomic E-state index is 6.86. The van der Waals surface area contributed by atoms with E-state index < -0.39 is 0 Å². The smallest absolute Gasteiger partial charge is 0.0641 e. The summed E-state index contributed by atoms with van der Waals surface area (Å²) in [6.07, 6.45) is 18.7. The van der Waals surface area contributed by atoms with Crippen molar-refractivity contribution in [3.05, 3.63) is 25.3 Å². The SMILES string of the molecule is C=CCC12CCC(CC1OC1CC3CCC1(CC=C)C3)C2. The fourth-order valence-corrected chi connectivity index (χ4v) is 6.44. The van der Waals surface area contributed by atoms with E-state index in [2.05, 4.69) is 25.3 Å². The van der Waals surface area contributed by atoms with Gasteiger partial charge in [0.15, 0.2) is 0 Å². The Labute approximate surface area is 129 Å². The van der Waals surface area contributed by atoms with Crippen LogP contribution >= 0.6 is 0 Å². The van der Waals surface area contributed by atoms with Gasteiger partial charge in [-0.05, 0) is 76.0 Å². The van der Waals surface area contributed by atoms with Gasteiger partial charge in [0.2, 0.25) is 0 Å². The molecule has 6 atom stereocenters. The zero-order valence-corrected chi connectivity index (χ0v) is 13.4. The predicted octanol–water partition coefficient (Wildman–Crippen LogP) is 5.27. The van der Waals surface area contributed by atoms with Gasteiger partial charge < -0.3 is 4.74 Å². The lowest BCUT2D eigenvalue weighted by Gasteiger charge is -2.42. The van der Waals surface area contributed by atoms with Gasteiger partial charge in [0.1, 0.15) is 0 Å². The average Bonchev–Trinajstić information content (AvgIpc) is 3.18. The Morgan fingerprint density at radius 3 is 1.71 bits per heavy atom. The van der Waals surface area contributed by atoms with Gasteiger partial charge in [-0.1, -0.05) is 12.2 Å². The molecule has 116 valence electrons. The second-order valence-corrected chi connectivity index (χ2v) is 8.51. The van der Waals surface area contributed by atoms with Crippen LogP contribution in [0.2, 0.25) is 0 Å². The van der Waals surface area contributed by atoms with Gasteiger partial charge in [0.25, 0.3) is 0 Å². The Kier molecular flexibility index (Phi) is 3.33. The first-order chi connectivity index (χ1) is 10.2. The Balaban J connectivity index is 1.51. The van der Waals surface area contributed by atoms with Crippen molar-refractivity contribution in [2.75, 3.05) is 0 Å². The number of ether oxygens (including phenoxy) is 1. The van der Waals surface area contributed by atoms with Crippen LogP contribution in [-0.2, 0) is 4.74 Å². The van der Waals surface area contributed by atoms with Crippen molar-refractivity contribution in [3.8, 4) is 0 Å². The molecule has 0 aromatic carbocycles. The van der Waals surface area contributed by atoms with E-state index >= 15 is 0 Å². The van der Waals surface area contributed by atoms with Gasteiger partial charge in [-0.3, -0.25) is 0 Å². The molecule has 0 amide bonds. The van der Waals surface area contributed by atoms with E-state index in [-0.39, 0.29) is 0 Å². The molecule has 4 saturated carbocycles. The van der Waals surface area contributed by atoms with E-state index in [4.69, 9.17) is 4.74 Å². The van der Waals surface area contributed by atoms with Gasteiger partial charge in [-0.25, -0.2) is 0 Å². The van der Waals surface area contributed by atoms with Gasteiger partial charge in [0.05, 0.1) is 12.2 Å². The van der Waals surface area contributed by atoms with E-state index in [0.717, 1.165) is 11.8 Å². The number of allylic oxidation sites excluding steroid dienone is 2. The average molecular weight is 286 g/mol. The monoisotopic (exact) mass is 286 g/mol. The van der Waals surface area contributed by atoms with Gasteiger partial charge in [-0.15, -0.1) is 13.2 Å². The summed E-state index contributed by atoms with van der Waals surface area (Å²) in [6.45, 7) is 8.03. The number of rotatable bonds is 6. The topological polar surface area (TPSA) is 9.23 Å². The standard InChI is InChI=1S/C20H30O/c1-3-7-19-9-5-15(13-19)11-17(19)21-18-12-16-6-10-20(18,14-16)8-4-2/h3-4,15-18H,1-2,5-14H2. The van der Waals surface area contributed by atoms with Crippen molar-refractivity contribution in [1.82, 2.24) is 0 Å². The van der Waals surface area contributed by atoms with Crippen LogP contribution in [-0.4, -0.2) is 12.2 Å². The van der Waals surface area contributed by atoms with E-state index in [9.17, 15) is 0 Å². The zero-order valence-electron chi connectivity index (χ0n) is 13.4. The molecule has 0 saturated heterocycles. The van der Waals surface area contributed by atoms with Gasteiger partial charge in [0, 0.05) is 10.8 Å². The van der Waals surface area contributed by atoms with Gasteiger partial charge in [-0.2, -0.15) is 0 Å². The van der Waals surface area contributed by atoms with Crippen LogP contribution in [0, 0.1) is 22.7 Å². The first-order valence-corrected chi connectivity index (χ1v) is 9.07. The Morgan fingerprint density at radius 2 is 1.33 bits per heavy atom.